The zero-order valence-electron chi connectivity index (χ0n) is 15.8. The highest BCUT2D eigenvalue weighted by atomic mass is 32.1. The Morgan fingerprint density at radius 2 is 2.04 bits per heavy atom. The molecular weight excluding hydrogens is 362 g/mol. The molecule has 3 rings (SSSR count). The standard InChI is InChI=1S/C19H29N5S2/c1-3-20-19(22-12-10-17-23-13-14(2)25-17)21-11-6-9-18-24-15-7-4-5-8-16(15)26-18/h13H,3-12H2,1-2H3,(H2,20,21,22). The van der Waals surface area contributed by atoms with Gasteiger partial charge in [0, 0.05) is 48.4 Å². The van der Waals surface area contributed by atoms with Crippen LogP contribution < -0.4 is 10.6 Å². The van der Waals surface area contributed by atoms with Crippen molar-refractivity contribution in [1.82, 2.24) is 20.6 Å². The number of hydrogen-bond acceptors (Lipinski definition) is 5. The lowest BCUT2D eigenvalue weighted by molar-refractivity contribution is 0.679. The molecule has 0 fully saturated rings. The molecule has 0 unspecified atom stereocenters. The number of guanidine groups is 1. The summed E-state index contributed by atoms with van der Waals surface area (Å²) in [4.78, 5) is 16.7. The van der Waals surface area contributed by atoms with Crippen molar-refractivity contribution in [3.8, 4) is 0 Å². The summed E-state index contributed by atoms with van der Waals surface area (Å²) in [5.41, 5.74) is 1.37. The molecule has 0 bridgehead atoms. The van der Waals surface area contributed by atoms with Crippen LogP contribution in [0.2, 0.25) is 0 Å². The average Bonchev–Trinajstić information content (AvgIpc) is 3.24. The minimum Gasteiger partial charge on any atom is -0.357 e. The molecule has 0 saturated carbocycles. The lowest BCUT2D eigenvalue weighted by Crippen LogP contribution is -2.38. The Bertz CT molecular complexity index is 696. The van der Waals surface area contributed by atoms with Crippen molar-refractivity contribution in [3.05, 3.63) is 31.7 Å². The summed E-state index contributed by atoms with van der Waals surface area (Å²) in [6.45, 7) is 6.76. The highest BCUT2D eigenvalue weighted by Gasteiger charge is 2.14. The molecule has 2 heterocycles. The number of aromatic nitrogens is 2. The molecule has 26 heavy (non-hydrogen) atoms. The van der Waals surface area contributed by atoms with Crippen molar-refractivity contribution < 1.29 is 0 Å². The van der Waals surface area contributed by atoms with Gasteiger partial charge in [-0.1, -0.05) is 0 Å². The van der Waals surface area contributed by atoms with Crippen LogP contribution in [0.1, 0.15) is 51.6 Å². The first kappa shape index (κ1) is 19.3. The van der Waals surface area contributed by atoms with Gasteiger partial charge in [0.2, 0.25) is 0 Å². The summed E-state index contributed by atoms with van der Waals surface area (Å²) >= 11 is 3.69. The van der Waals surface area contributed by atoms with Crippen LogP contribution in [0.25, 0.3) is 0 Å². The molecule has 2 aromatic heterocycles. The fraction of sp³-hybridized carbons (Fsp3) is 0.632. The van der Waals surface area contributed by atoms with E-state index in [0.29, 0.717) is 0 Å². The minimum absolute atomic E-state index is 0.829. The summed E-state index contributed by atoms with van der Waals surface area (Å²) < 4.78 is 0. The topological polar surface area (TPSA) is 62.2 Å². The van der Waals surface area contributed by atoms with Gasteiger partial charge in [0.1, 0.15) is 0 Å². The first-order chi connectivity index (χ1) is 12.7. The predicted octanol–water partition coefficient (Wildman–Crippen LogP) is 3.52. The van der Waals surface area contributed by atoms with Crippen LogP contribution in [0, 0.1) is 6.92 Å². The summed E-state index contributed by atoms with van der Waals surface area (Å²) in [6.07, 6.45) is 10.0. The van der Waals surface area contributed by atoms with Crippen molar-refractivity contribution in [2.75, 3.05) is 19.6 Å². The largest absolute Gasteiger partial charge is 0.357 e. The highest BCUT2D eigenvalue weighted by molar-refractivity contribution is 7.11. The first-order valence-electron chi connectivity index (χ1n) is 9.65. The van der Waals surface area contributed by atoms with E-state index in [-0.39, 0.29) is 0 Å². The van der Waals surface area contributed by atoms with Crippen LogP contribution in [0.4, 0.5) is 0 Å². The number of nitrogens with zero attached hydrogens (tertiary/aromatic N) is 3. The summed E-state index contributed by atoms with van der Waals surface area (Å²) in [5.74, 6) is 0.902. The third-order valence-electron chi connectivity index (χ3n) is 4.35. The molecule has 0 aliphatic heterocycles. The highest BCUT2D eigenvalue weighted by Crippen LogP contribution is 2.27. The van der Waals surface area contributed by atoms with Gasteiger partial charge < -0.3 is 10.6 Å². The molecule has 5 nitrogen and oxygen atoms in total. The number of rotatable bonds is 8. The van der Waals surface area contributed by atoms with E-state index in [0.717, 1.165) is 44.9 Å². The maximum atomic E-state index is 4.82. The van der Waals surface area contributed by atoms with Gasteiger partial charge in [-0.2, -0.15) is 0 Å². The molecule has 2 N–H and O–H groups in total. The van der Waals surface area contributed by atoms with E-state index in [1.54, 1.807) is 11.3 Å². The zero-order valence-corrected chi connectivity index (χ0v) is 17.4. The molecule has 0 aromatic carbocycles. The van der Waals surface area contributed by atoms with Gasteiger partial charge in [-0.05, 0) is 46.0 Å². The molecular formula is C19H29N5S2. The van der Waals surface area contributed by atoms with Crippen LogP contribution in [0.3, 0.4) is 0 Å². The third kappa shape index (κ3) is 5.77. The molecule has 7 heteroatoms. The van der Waals surface area contributed by atoms with Gasteiger partial charge in [0.25, 0.3) is 0 Å². The number of fused-ring (bicyclic) bond motifs is 1. The molecule has 1 aliphatic rings. The van der Waals surface area contributed by atoms with Gasteiger partial charge in [-0.3, -0.25) is 4.99 Å². The van der Waals surface area contributed by atoms with Crippen molar-refractivity contribution >= 4 is 28.6 Å². The molecule has 2 aromatic rings. The fourth-order valence-electron chi connectivity index (χ4n) is 3.08. The van der Waals surface area contributed by atoms with E-state index in [1.165, 1.54) is 51.1 Å². The SMILES string of the molecule is CCNC(=NCCCc1nc2c(s1)CCCC2)NCCc1ncc(C)s1. The molecule has 0 amide bonds. The molecule has 0 atom stereocenters. The molecule has 0 spiro atoms. The van der Waals surface area contributed by atoms with E-state index in [2.05, 4.69) is 29.5 Å². The van der Waals surface area contributed by atoms with Gasteiger partial charge in [-0.15, -0.1) is 22.7 Å². The predicted molar refractivity (Wildman–Crippen MR) is 112 cm³/mol. The fourth-order valence-corrected chi connectivity index (χ4v) is 5.07. The average molecular weight is 392 g/mol. The Hall–Kier alpha value is -1.47. The van der Waals surface area contributed by atoms with Crippen LogP contribution in [-0.4, -0.2) is 35.6 Å². The van der Waals surface area contributed by atoms with Crippen LogP contribution in [0.5, 0.6) is 0 Å². The number of aryl methyl sites for hydroxylation is 4. The third-order valence-corrected chi connectivity index (χ3v) is 6.54. The van der Waals surface area contributed by atoms with Gasteiger partial charge in [0.05, 0.1) is 15.7 Å². The lowest BCUT2D eigenvalue weighted by atomic mass is 10.0. The molecule has 1 aliphatic carbocycles. The second-order valence-electron chi connectivity index (χ2n) is 6.59. The van der Waals surface area contributed by atoms with Crippen LogP contribution >= 0.6 is 22.7 Å². The van der Waals surface area contributed by atoms with Gasteiger partial charge >= 0.3 is 0 Å². The van der Waals surface area contributed by atoms with Crippen molar-refractivity contribution in [2.24, 2.45) is 4.99 Å². The maximum Gasteiger partial charge on any atom is 0.191 e. The summed E-state index contributed by atoms with van der Waals surface area (Å²) in [7, 11) is 0. The van der Waals surface area contributed by atoms with E-state index in [1.807, 2.05) is 17.5 Å². The number of aliphatic imine (C=N–C) groups is 1. The second-order valence-corrected chi connectivity index (χ2v) is 9.08. The zero-order chi connectivity index (χ0) is 18.2. The van der Waals surface area contributed by atoms with Crippen molar-refractivity contribution in [2.45, 2.75) is 58.8 Å². The van der Waals surface area contributed by atoms with E-state index in [9.17, 15) is 0 Å². The second kappa shape index (κ2) is 10.0. The van der Waals surface area contributed by atoms with Crippen LogP contribution in [-0.2, 0) is 25.7 Å². The monoisotopic (exact) mass is 391 g/mol. The van der Waals surface area contributed by atoms with E-state index < -0.39 is 0 Å². The number of hydrogen-bond donors (Lipinski definition) is 2. The van der Waals surface area contributed by atoms with Gasteiger partial charge in [-0.25, -0.2) is 9.97 Å². The van der Waals surface area contributed by atoms with Crippen molar-refractivity contribution in [1.29, 1.82) is 0 Å². The smallest absolute Gasteiger partial charge is 0.191 e. The Balaban J connectivity index is 1.41. The quantitative estimate of drug-likeness (QED) is 0.411. The lowest BCUT2D eigenvalue weighted by Gasteiger charge is -2.10. The molecule has 0 radical (unpaired) electrons. The van der Waals surface area contributed by atoms with Gasteiger partial charge in [0.15, 0.2) is 5.96 Å². The van der Waals surface area contributed by atoms with E-state index in [4.69, 9.17) is 9.98 Å². The Labute approximate surface area is 164 Å². The Kier molecular flexibility index (Phi) is 7.43. The summed E-state index contributed by atoms with van der Waals surface area (Å²) in [5, 5.41) is 9.21. The first-order valence-corrected chi connectivity index (χ1v) is 11.3. The molecule has 0 saturated heterocycles. The minimum atomic E-state index is 0.829. The Morgan fingerprint density at radius 1 is 1.15 bits per heavy atom. The molecule has 142 valence electrons. The number of thiazole rings is 2. The van der Waals surface area contributed by atoms with Crippen molar-refractivity contribution in [3.63, 3.8) is 0 Å². The normalized spacial score (nSPS) is 14.3. The maximum absolute atomic E-state index is 4.82. The number of nitrogens with one attached hydrogen (secondary N) is 2. The van der Waals surface area contributed by atoms with Crippen LogP contribution in [0.15, 0.2) is 11.2 Å². The summed E-state index contributed by atoms with van der Waals surface area (Å²) in [6, 6.07) is 0. The Morgan fingerprint density at radius 3 is 2.81 bits per heavy atom. The van der Waals surface area contributed by atoms with E-state index >= 15 is 0 Å².